The van der Waals surface area contributed by atoms with Crippen molar-refractivity contribution < 1.29 is 4.42 Å². The van der Waals surface area contributed by atoms with Crippen LogP contribution >= 0.6 is 0 Å². The van der Waals surface area contributed by atoms with Gasteiger partial charge in [0.1, 0.15) is 11.3 Å². The summed E-state index contributed by atoms with van der Waals surface area (Å²) in [5, 5.41) is 6.28. The predicted molar refractivity (Wildman–Crippen MR) is 206 cm³/mol. The SMILES string of the molecule is C1=CC2C(c3ccccc3)=Cc3oc4cc(-c5cc(-c6ccccc6)cc(-c6ccc7c(ccc8ccccc87)c6)c5)ccc4c3C2C=C1. The van der Waals surface area contributed by atoms with Crippen molar-refractivity contribution in [2.75, 3.05) is 0 Å². The van der Waals surface area contributed by atoms with E-state index in [-0.39, 0.29) is 11.8 Å². The average Bonchev–Trinajstić information content (AvgIpc) is 3.56. The number of allylic oxidation sites excluding steroid dienone is 5. The van der Waals surface area contributed by atoms with Crippen LogP contribution in [0, 0.1) is 5.92 Å². The number of benzene rings is 7. The Morgan fingerprint density at radius 1 is 0.388 bits per heavy atom. The van der Waals surface area contributed by atoms with Gasteiger partial charge < -0.3 is 4.42 Å². The van der Waals surface area contributed by atoms with Crippen molar-refractivity contribution in [3.63, 3.8) is 0 Å². The van der Waals surface area contributed by atoms with Crippen LogP contribution in [0.5, 0.6) is 0 Å². The molecule has 1 heterocycles. The lowest BCUT2D eigenvalue weighted by Crippen LogP contribution is -2.16. The van der Waals surface area contributed by atoms with E-state index >= 15 is 0 Å². The van der Waals surface area contributed by atoms with Gasteiger partial charge in [0, 0.05) is 22.8 Å². The van der Waals surface area contributed by atoms with Gasteiger partial charge in [0.25, 0.3) is 0 Å². The van der Waals surface area contributed by atoms with Crippen LogP contribution in [-0.4, -0.2) is 0 Å². The smallest absolute Gasteiger partial charge is 0.135 e. The molecule has 2 atom stereocenters. The predicted octanol–water partition coefficient (Wildman–Crippen LogP) is 13.1. The molecule has 2 aliphatic carbocycles. The van der Waals surface area contributed by atoms with Crippen LogP contribution in [-0.2, 0) is 0 Å². The third kappa shape index (κ3) is 4.70. The first-order valence-corrected chi connectivity index (χ1v) is 17.1. The van der Waals surface area contributed by atoms with Crippen LogP contribution in [0.4, 0.5) is 0 Å². The fraction of sp³-hybridized carbons (Fsp3) is 0.0417. The molecule has 0 amide bonds. The second kappa shape index (κ2) is 11.2. The van der Waals surface area contributed by atoms with Crippen molar-refractivity contribution in [1.82, 2.24) is 0 Å². The van der Waals surface area contributed by atoms with Crippen LogP contribution in [0.2, 0.25) is 0 Å². The van der Waals surface area contributed by atoms with Gasteiger partial charge in [-0.05, 0) is 102 Å². The Balaban J connectivity index is 1.12. The molecule has 230 valence electrons. The molecule has 1 aromatic heterocycles. The summed E-state index contributed by atoms with van der Waals surface area (Å²) < 4.78 is 6.73. The Hall–Kier alpha value is -6.18. The fourth-order valence-corrected chi connectivity index (χ4v) is 8.04. The molecule has 0 bridgehead atoms. The fourth-order valence-electron chi connectivity index (χ4n) is 8.04. The van der Waals surface area contributed by atoms with Crippen molar-refractivity contribution in [1.29, 1.82) is 0 Å². The highest BCUT2D eigenvalue weighted by Crippen LogP contribution is 2.49. The van der Waals surface area contributed by atoms with E-state index in [9.17, 15) is 0 Å². The molecule has 0 N–H and O–H groups in total. The van der Waals surface area contributed by atoms with Gasteiger partial charge in [0.05, 0.1) is 0 Å². The van der Waals surface area contributed by atoms with E-state index in [2.05, 4.69) is 182 Å². The van der Waals surface area contributed by atoms with Crippen LogP contribution in [0.1, 0.15) is 22.8 Å². The zero-order valence-corrected chi connectivity index (χ0v) is 26.9. The molecule has 0 spiro atoms. The third-order valence-electron chi connectivity index (χ3n) is 10.4. The van der Waals surface area contributed by atoms with Gasteiger partial charge in [-0.2, -0.15) is 0 Å². The molecule has 1 nitrogen and oxygen atoms in total. The molecule has 0 fully saturated rings. The lowest BCUT2D eigenvalue weighted by Gasteiger charge is -2.30. The Labute approximate surface area is 285 Å². The molecule has 0 saturated heterocycles. The van der Waals surface area contributed by atoms with E-state index in [1.807, 2.05) is 0 Å². The van der Waals surface area contributed by atoms with Gasteiger partial charge in [0.2, 0.25) is 0 Å². The van der Waals surface area contributed by atoms with Crippen molar-refractivity contribution in [3.8, 4) is 33.4 Å². The summed E-state index contributed by atoms with van der Waals surface area (Å²) in [7, 11) is 0. The summed E-state index contributed by atoms with van der Waals surface area (Å²) in [6.07, 6.45) is 11.3. The molecule has 1 heteroatoms. The Morgan fingerprint density at radius 2 is 0.980 bits per heavy atom. The summed E-state index contributed by atoms with van der Waals surface area (Å²) >= 11 is 0. The molecule has 10 rings (SSSR count). The summed E-state index contributed by atoms with van der Waals surface area (Å²) in [6.45, 7) is 0. The largest absolute Gasteiger partial charge is 0.456 e. The van der Waals surface area contributed by atoms with Gasteiger partial charge in [-0.25, -0.2) is 0 Å². The first-order valence-electron chi connectivity index (χ1n) is 17.1. The normalized spacial score (nSPS) is 16.5. The van der Waals surface area contributed by atoms with E-state index in [1.165, 1.54) is 71.4 Å². The minimum Gasteiger partial charge on any atom is -0.456 e. The molecule has 2 aliphatic rings. The molecular formula is C48H32O. The summed E-state index contributed by atoms with van der Waals surface area (Å²) in [6, 6.07) is 55.1. The van der Waals surface area contributed by atoms with E-state index in [0.717, 1.165) is 16.9 Å². The van der Waals surface area contributed by atoms with Crippen molar-refractivity contribution in [2.24, 2.45) is 5.92 Å². The number of rotatable bonds is 4. The highest BCUT2D eigenvalue weighted by Gasteiger charge is 2.34. The van der Waals surface area contributed by atoms with Crippen LogP contribution < -0.4 is 0 Å². The minimum absolute atomic E-state index is 0.241. The summed E-state index contributed by atoms with van der Waals surface area (Å²) in [5.74, 6) is 1.49. The van der Waals surface area contributed by atoms with Gasteiger partial charge in [-0.1, -0.05) is 146 Å². The standard InChI is InChI=1S/C48H32O/c1-3-11-31(12-4-1)37-26-38(34-21-23-41-36(25-34)20-19-33-15-7-8-16-40(33)41)28-39(27-37)35-22-24-44-46(29-35)49-47-30-45(32-13-5-2-6-14-32)42-17-9-10-18-43(42)48(44)47/h1-30,42-43H. The second-order valence-corrected chi connectivity index (χ2v) is 13.3. The number of fused-ring (bicyclic) bond motifs is 8. The van der Waals surface area contributed by atoms with Crippen LogP contribution in [0.15, 0.2) is 180 Å². The van der Waals surface area contributed by atoms with Gasteiger partial charge in [-0.3, -0.25) is 0 Å². The lowest BCUT2D eigenvalue weighted by molar-refractivity contribution is 0.582. The minimum atomic E-state index is 0.241. The van der Waals surface area contributed by atoms with E-state index in [4.69, 9.17) is 4.42 Å². The Kier molecular flexibility index (Phi) is 6.38. The van der Waals surface area contributed by atoms with E-state index in [0.29, 0.717) is 0 Å². The van der Waals surface area contributed by atoms with Crippen molar-refractivity contribution >= 4 is 44.2 Å². The number of furan rings is 1. The first-order chi connectivity index (χ1) is 24.3. The maximum absolute atomic E-state index is 6.73. The zero-order valence-electron chi connectivity index (χ0n) is 26.9. The van der Waals surface area contributed by atoms with Gasteiger partial charge in [0.15, 0.2) is 0 Å². The van der Waals surface area contributed by atoms with E-state index in [1.54, 1.807) is 0 Å². The Morgan fingerprint density at radius 3 is 1.76 bits per heavy atom. The third-order valence-corrected chi connectivity index (χ3v) is 10.4. The second-order valence-electron chi connectivity index (χ2n) is 13.3. The Bertz CT molecular complexity index is 2650. The zero-order chi connectivity index (χ0) is 32.3. The first kappa shape index (κ1) is 27.9. The molecule has 0 saturated carbocycles. The van der Waals surface area contributed by atoms with Crippen LogP contribution in [0.25, 0.3) is 77.5 Å². The van der Waals surface area contributed by atoms with Gasteiger partial charge in [-0.15, -0.1) is 0 Å². The summed E-state index contributed by atoms with van der Waals surface area (Å²) in [5.41, 5.74) is 11.9. The molecule has 49 heavy (non-hydrogen) atoms. The topological polar surface area (TPSA) is 13.1 Å². The average molecular weight is 625 g/mol. The quantitative estimate of drug-likeness (QED) is 0.178. The molecular weight excluding hydrogens is 593 g/mol. The maximum Gasteiger partial charge on any atom is 0.135 e. The highest BCUT2D eigenvalue weighted by atomic mass is 16.3. The molecule has 2 unspecified atom stereocenters. The summed E-state index contributed by atoms with van der Waals surface area (Å²) in [4.78, 5) is 0. The van der Waals surface area contributed by atoms with Gasteiger partial charge >= 0.3 is 0 Å². The maximum atomic E-state index is 6.73. The number of hydrogen-bond donors (Lipinski definition) is 0. The molecule has 0 radical (unpaired) electrons. The van der Waals surface area contributed by atoms with Crippen LogP contribution in [0.3, 0.4) is 0 Å². The molecule has 8 aromatic rings. The van der Waals surface area contributed by atoms with Crippen molar-refractivity contribution in [2.45, 2.75) is 5.92 Å². The van der Waals surface area contributed by atoms with Crippen molar-refractivity contribution in [3.05, 3.63) is 193 Å². The number of hydrogen-bond acceptors (Lipinski definition) is 1. The lowest BCUT2D eigenvalue weighted by atomic mass is 9.72. The van der Waals surface area contributed by atoms with E-state index < -0.39 is 0 Å². The monoisotopic (exact) mass is 624 g/mol. The highest BCUT2D eigenvalue weighted by molar-refractivity contribution is 6.08. The molecule has 0 aliphatic heterocycles. The molecule has 7 aromatic carbocycles.